The van der Waals surface area contributed by atoms with E-state index in [1.54, 1.807) is 11.1 Å². The van der Waals surface area contributed by atoms with Gasteiger partial charge in [0, 0.05) is 29.7 Å². The van der Waals surface area contributed by atoms with Crippen LogP contribution in [0.2, 0.25) is 0 Å². The maximum Gasteiger partial charge on any atom is 0.260 e. The van der Waals surface area contributed by atoms with Gasteiger partial charge >= 0.3 is 0 Å². The van der Waals surface area contributed by atoms with Gasteiger partial charge in [0.1, 0.15) is 11.9 Å². The summed E-state index contributed by atoms with van der Waals surface area (Å²) >= 11 is 3.34. The highest BCUT2D eigenvalue weighted by atomic mass is 79.9. The maximum absolute atomic E-state index is 12.3. The zero-order valence-corrected chi connectivity index (χ0v) is 15.0. The van der Waals surface area contributed by atoms with E-state index in [0.717, 1.165) is 22.2 Å². The predicted octanol–water partition coefficient (Wildman–Crippen LogP) is 3.21. The number of rotatable bonds is 5. The van der Waals surface area contributed by atoms with Crippen LogP contribution in [0.3, 0.4) is 0 Å². The Bertz CT molecular complexity index is 706. The molecule has 0 bridgehead atoms. The van der Waals surface area contributed by atoms with Crippen LogP contribution in [-0.2, 0) is 4.79 Å². The van der Waals surface area contributed by atoms with Crippen molar-refractivity contribution in [1.29, 1.82) is 0 Å². The van der Waals surface area contributed by atoms with Crippen LogP contribution in [0.1, 0.15) is 12.0 Å². The molecule has 1 atom stereocenters. The summed E-state index contributed by atoms with van der Waals surface area (Å²) in [6.45, 7) is 3.25. The van der Waals surface area contributed by atoms with Crippen LogP contribution in [0, 0.1) is 6.92 Å². The Morgan fingerprint density at radius 1 is 1.33 bits per heavy atom. The van der Waals surface area contributed by atoms with E-state index in [2.05, 4.69) is 20.9 Å². The second kappa shape index (κ2) is 7.66. The third kappa shape index (κ3) is 4.26. The summed E-state index contributed by atoms with van der Waals surface area (Å²) < 4.78 is 12.4. The molecule has 1 aliphatic heterocycles. The van der Waals surface area contributed by atoms with E-state index in [1.807, 2.05) is 43.3 Å². The molecule has 0 aliphatic carbocycles. The van der Waals surface area contributed by atoms with Gasteiger partial charge in [-0.3, -0.25) is 4.79 Å². The lowest BCUT2D eigenvalue weighted by atomic mass is 10.2. The quantitative estimate of drug-likeness (QED) is 0.786. The minimum Gasteiger partial charge on any atom is -0.484 e. The van der Waals surface area contributed by atoms with Gasteiger partial charge in [0.05, 0.1) is 6.54 Å². The molecule has 0 N–H and O–H groups in total. The largest absolute Gasteiger partial charge is 0.484 e. The number of pyridine rings is 1. The normalized spacial score (nSPS) is 16.9. The average Bonchev–Trinajstić information content (AvgIpc) is 3.05. The predicted molar refractivity (Wildman–Crippen MR) is 94.2 cm³/mol. The van der Waals surface area contributed by atoms with Gasteiger partial charge in [0.25, 0.3) is 5.91 Å². The first-order valence-electron chi connectivity index (χ1n) is 7.86. The fourth-order valence-electron chi connectivity index (χ4n) is 2.60. The molecule has 3 rings (SSSR count). The Hall–Kier alpha value is -2.08. The van der Waals surface area contributed by atoms with Gasteiger partial charge in [0.2, 0.25) is 5.88 Å². The second-order valence-electron chi connectivity index (χ2n) is 5.74. The molecular weight excluding hydrogens is 372 g/mol. The zero-order valence-electron chi connectivity index (χ0n) is 13.4. The number of aryl methyl sites for hydroxylation is 1. The summed E-state index contributed by atoms with van der Waals surface area (Å²) in [6.07, 6.45) is 2.47. The summed E-state index contributed by atoms with van der Waals surface area (Å²) in [7, 11) is 0. The standard InChI is InChI=1S/C18H19BrN2O3/c1-13-4-2-3-5-16(13)23-12-18(22)21-9-8-15(11-21)24-17-7-6-14(19)10-20-17/h2-7,10,15H,8-9,11-12H2,1H3/t15-/m0/s1. The lowest BCUT2D eigenvalue weighted by molar-refractivity contribution is -0.132. The first-order valence-corrected chi connectivity index (χ1v) is 8.65. The molecule has 1 aliphatic rings. The first kappa shape index (κ1) is 16.8. The topological polar surface area (TPSA) is 51.7 Å². The Labute approximate surface area is 149 Å². The Balaban J connectivity index is 1.49. The van der Waals surface area contributed by atoms with Crippen LogP contribution in [-0.4, -0.2) is 41.6 Å². The number of hydrogen-bond acceptors (Lipinski definition) is 4. The monoisotopic (exact) mass is 390 g/mol. The number of benzene rings is 1. The average molecular weight is 391 g/mol. The fraction of sp³-hybridized carbons (Fsp3) is 0.333. The van der Waals surface area contributed by atoms with E-state index in [-0.39, 0.29) is 18.6 Å². The zero-order chi connectivity index (χ0) is 16.9. The summed E-state index contributed by atoms with van der Waals surface area (Å²) in [4.78, 5) is 18.3. The van der Waals surface area contributed by atoms with Crippen LogP contribution in [0.5, 0.6) is 11.6 Å². The summed E-state index contributed by atoms with van der Waals surface area (Å²) in [5, 5.41) is 0. The molecule has 0 radical (unpaired) electrons. The highest BCUT2D eigenvalue weighted by Crippen LogP contribution is 2.19. The molecule has 2 heterocycles. The first-order chi connectivity index (χ1) is 11.6. The highest BCUT2D eigenvalue weighted by molar-refractivity contribution is 9.10. The van der Waals surface area contributed by atoms with Crippen molar-refractivity contribution in [2.45, 2.75) is 19.4 Å². The molecule has 1 amide bonds. The molecule has 6 heteroatoms. The van der Waals surface area contributed by atoms with Crippen LogP contribution in [0.4, 0.5) is 0 Å². The molecule has 0 spiro atoms. The number of ether oxygens (including phenoxy) is 2. The molecule has 1 saturated heterocycles. The second-order valence-corrected chi connectivity index (χ2v) is 6.65. The van der Waals surface area contributed by atoms with Gasteiger partial charge in [-0.1, -0.05) is 18.2 Å². The van der Waals surface area contributed by atoms with Crippen molar-refractivity contribution in [2.24, 2.45) is 0 Å². The summed E-state index contributed by atoms with van der Waals surface area (Å²) in [6, 6.07) is 11.4. The molecule has 5 nitrogen and oxygen atoms in total. The van der Waals surface area contributed by atoms with Crippen LogP contribution >= 0.6 is 15.9 Å². The molecule has 24 heavy (non-hydrogen) atoms. The number of amides is 1. The van der Waals surface area contributed by atoms with Gasteiger partial charge in [-0.15, -0.1) is 0 Å². The summed E-state index contributed by atoms with van der Waals surface area (Å²) in [5.74, 6) is 1.30. The summed E-state index contributed by atoms with van der Waals surface area (Å²) in [5.41, 5.74) is 1.02. The van der Waals surface area contributed by atoms with Crippen LogP contribution in [0.25, 0.3) is 0 Å². The Morgan fingerprint density at radius 2 is 2.17 bits per heavy atom. The van der Waals surface area contributed by atoms with E-state index in [0.29, 0.717) is 19.0 Å². The SMILES string of the molecule is Cc1ccccc1OCC(=O)N1CC[C@H](Oc2ccc(Br)cn2)C1. The minimum atomic E-state index is -0.0268. The molecule has 1 aromatic carbocycles. The molecule has 0 unspecified atom stereocenters. The number of para-hydroxylation sites is 1. The number of carbonyl (C=O) groups excluding carboxylic acids is 1. The maximum atomic E-state index is 12.3. The van der Waals surface area contributed by atoms with Gasteiger partial charge < -0.3 is 14.4 Å². The van der Waals surface area contributed by atoms with E-state index < -0.39 is 0 Å². The minimum absolute atomic E-state index is 0.0203. The van der Waals surface area contributed by atoms with Gasteiger partial charge in [0.15, 0.2) is 6.61 Å². The van der Waals surface area contributed by atoms with Crippen molar-refractivity contribution in [3.8, 4) is 11.6 Å². The lowest BCUT2D eigenvalue weighted by Gasteiger charge is -2.17. The molecular formula is C18H19BrN2O3. The number of aromatic nitrogens is 1. The number of likely N-dealkylation sites (tertiary alicyclic amines) is 1. The number of carbonyl (C=O) groups is 1. The van der Waals surface area contributed by atoms with Gasteiger partial charge in [-0.2, -0.15) is 0 Å². The van der Waals surface area contributed by atoms with Crippen molar-refractivity contribution in [1.82, 2.24) is 9.88 Å². The number of hydrogen-bond donors (Lipinski definition) is 0. The van der Waals surface area contributed by atoms with Crippen molar-refractivity contribution < 1.29 is 14.3 Å². The van der Waals surface area contributed by atoms with Crippen molar-refractivity contribution in [2.75, 3.05) is 19.7 Å². The van der Waals surface area contributed by atoms with E-state index in [1.165, 1.54) is 0 Å². The van der Waals surface area contributed by atoms with Crippen molar-refractivity contribution in [3.05, 3.63) is 52.6 Å². The van der Waals surface area contributed by atoms with Crippen LogP contribution in [0.15, 0.2) is 47.1 Å². The van der Waals surface area contributed by atoms with E-state index >= 15 is 0 Å². The highest BCUT2D eigenvalue weighted by Gasteiger charge is 2.28. The Morgan fingerprint density at radius 3 is 2.92 bits per heavy atom. The molecule has 2 aromatic rings. The molecule has 0 saturated carbocycles. The lowest BCUT2D eigenvalue weighted by Crippen LogP contribution is -2.34. The molecule has 126 valence electrons. The fourth-order valence-corrected chi connectivity index (χ4v) is 2.84. The third-order valence-corrected chi connectivity index (χ3v) is 4.40. The van der Waals surface area contributed by atoms with E-state index in [4.69, 9.17) is 9.47 Å². The smallest absolute Gasteiger partial charge is 0.260 e. The van der Waals surface area contributed by atoms with Crippen molar-refractivity contribution >= 4 is 21.8 Å². The third-order valence-electron chi connectivity index (χ3n) is 3.93. The van der Waals surface area contributed by atoms with Gasteiger partial charge in [-0.05, 0) is 40.5 Å². The Kier molecular flexibility index (Phi) is 5.35. The number of halogens is 1. The van der Waals surface area contributed by atoms with Crippen LogP contribution < -0.4 is 9.47 Å². The molecule has 1 aromatic heterocycles. The van der Waals surface area contributed by atoms with E-state index in [9.17, 15) is 4.79 Å². The van der Waals surface area contributed by atoms with Crippen molar-refractivity contribution in [3.63, 3.8) is 0 Å². The number of nitrogens with zero attached hydrogens (tertiary/aromatic N) is 2. The van der Waals surface area contributed by atoms with Gasteiger partial charge in [-0.25, -0.2) is 4.98 Å². The molecule has 1 fully saturated rings.